The summed E-state index contributed by atoms with van der Waals surface area (Å²) in [6, 6.07) is -0.383. The molecule has 0 aliphatic carbocycles. The lowest BCUT2D eigenvalue weighted by molar-refractivity contribution is -0.138. The minimum Gasteiger partial charge on any atom is -0.481 e. The van der Waals surface area contributed by atoms with Gasteiger partial charge < -0.3 is 5.11 Å². The van der Waals surface area contributed by atoms with Crippen LogP contribution in [0.3, 0.4) is 0 Å². The van der Waals surface area contributed by atoms with Gasteiger partial charge in [0.1, 0.15) is 0 Å². The second kappa shape index (κ2) is 4.21. The van der Waals surface area contributed by atoms with Crippen molar-refractivity contribution in [3.8, 4) is 0 Å². The number of hydrogen-bond donors (Lipinski definition) is 2. The van der Waals surface area contributed by atoms with Crippen LogP contribution in [0.1, 0.15) is 19.3 Å². The largest absolute Gasteiger partial charge is 0.481 e. The summed E-state index contributed by atoms with van der Waals surface area (Å²) in [6.07, 6.45) is 1.13. The summed E-state index contributed by atoms with van der Waals surface area (Å²) >= 11 is 0. The van der Waals surface area contributed by atoms with E-state index in [0.717, 1.165) is 6.42 Å². The third-order valence-electron chi connectivity index (χ3n) is 3.17. The number of hydrogen-bond acceptors (Lipinski definition) is 4. The van der Waals surface area contributed by atoms with E-state index in [4.69, 9.17) is 5.11 Å². The molecule has 16 heavy (non-hydrogen) atoms. The number of carbonyl (C=O) groups is 3. The van der Waals surface area contributed by atoms with Crippen molar-refractivity contribution in [3.05, 3.63) is 0 Å². The Balaban J connectivity index is 1.91. The van der Waals surface area contributed by atoms with Crippen molar-refractivity contribution in [2.24, 2.45) is 5.92 Å². The van der Waals surface area contributed by atoms with Crippen molar-refractivity contribution in [2.45, 2.75) is 25.3 Å². The standard InChI is InChI=1S/C10H14N2O4/c13-8-4-7(10(16)11-8)12-2-1-6(5-12)3-9(14)15/h6-7H,1-5H2,(H,14,15)(H,11,13,16). The summed E-state index contributed by atoms with van der Waals surface area (Å²) < 4.78 is 0. The van der Waals surface area contributed by atoms with E-state index >= 15 is 0 Å². The van der Waals surface area contributed by atoms with E-state index in [9.17, 15) is 14.4 Å². The van der Waals surface area contributed by atoms with E-state index in [-0.39, 0.29) is 36.6 Å². The molecule has 6 nitrogen and oxygen atoms in total. The number of carboxylic acid groups (broad SMARTS) is 1. The van der Waals surface area contributed by atoms with Gasteiger partial charge in [0.05, 0.1) is 12.5 Å². The number of likely N-dealkylation sites (tertiary alicyclic amines) is 1. The molecule has 2 atom stereocenters. The van der Waals surface area contributed by atoms with Crippen molar-refractivity contribution in [3.63, 3.8) is 0 Å². The summed E-state index contributed by atoms with van der Waals surface area (Å²) in [7, 11) is 0. The number of carboxylic acids is 1. The van der Waals surface area contributed by atoms with Gasteiger partial charge >= 0.3 is 5.97 Å². The predicted molar refractivity (Wildman–Crippen MR) is 53.5 cm³/mol. The maximum atomic E-state index is 11.4. The van der Waals surface area contributed by atoms with Crippen LogP contribution in [0.2, 0.25) is 0 Å². The summed E-state index contributed by atoms with van der Waals surface area (Å²) in [5.41, 5.74) is 0. The maximum Gasteiger partial charge on any atom is 0.303 e. The predicted octanol–water partition coefficient (Wildman–Crippen LogP) is -0.802. The van der Waals surface area contributed by atoms with Crippen LogP contribution in [0.25, 0.3) is 0 Å². The minimum atomic E-state index is -0.807. The van der Waals surface area contributed by atoms with E-state index < -0.39 is 5.97 Å². The van der Waals surface area contributed by atoms with Crippen LogP contribution >= 0.6 is 0 Å². The SMILES string of the molecule is O=C(O)CC1CCN(C2CC(=O)NC2=O)C1. The lowest BCUT2D eigenvalue weighted by Crippen LogP contribution is -2.39. The number of nitrogens with zero attached hydrogens (tertiary/aromatic N) is 1. The molecular weight excluding hydrogens is 212 g/mol. The number of rotatable bonds is 3. The van der Waals surface area contributed by atoms with Crippen molar-refractivity contribution in [1.82, 2.24) is 10.2 Å². The first-order chi connectivity index (χ1) is 7.56. The van der Waals surface area contributed by atoms with E-state index in [1.54, 1.807) is 0 Å². The Morgan fingerprint density at radius 3 is 2.81 bits per heavy atom. The lowest BCUT2D eigenvalue weighted by Gasteiger charge is -2.20. The molecule has 0 aromatic carbocycles. The molecule has 2 rings (SSSR count). The van der Waals surface area contributed by atoms with Crippen molar-refractivity contribution in [2.75, 3.05) is 13.1 Å². The molecule has 6 heteroatoms. The van der Waals surface area contributed by atoms with Crippen molar-refractivity contribution in [1.29, 1.82) is 0 Å². The molecule has 2 aliphatic heterocycles. The average molecular weight is 226 g/mol. The van der Waals surface area contributed by atoms with Gasteiger partial charge in [0.25, 0.3) is 0 Å². The van der Waals surface area contributed by atoms with Crippen LogP contribution in [0.15, 0.2) is 0 Å². The van der Waals surface area contributed by atoms with E-state index in [1.165, 1.54) is 0 Å². The molecule has 0 radical (unpaired) electrons. The van der Waals surface area contributed by atoms with Gasteiger partial charge in [-0.25, -0.2) is 0 Å². The van der Waals surface area contributed by atoms with Gasteiger partial charge in [0.15, 0.2) is 0 Å². The Morgan fingerprint density at radius 2 is 2.25 bits per heavy atom. The number of imide groups is 1. The van der Waals surface area contributed by atoms with Gasteiger partial charge in [-0.15, -0.1) is 0 Å². The van der Waals surface area contributed by atoms with Gasteiger partial charge in [-0.05, 0) is 18.9 Å². The van der Waals surface area contributed by atoms with Gasteiger partial charge in [-0.1, -0.05) is 0 Å². The zero-order chi connectivity index (χ0) is 11.7. The highest BCUT2D eigenvalue weighted by Crippen LogP contribution is 2.24. The topological polar surface area (TPSA) is 86.7 Å². The molecule has 2 fully saturated rings. The molecule has 2 amide bonds. The maximum absolute atomic E-state index is 11.4. The fraction of sp³-hybridized carbons (Fsp3) is 0.700. The van der Waals surface area contributed by atoms with Crippen LogP contribution < -0.4 is 5.32 Å². The number of amides is 2. The zero-order valence-corrected chi connectivity index (χ0v) is 8.81. The minimum absolute atomic E-state index is 0.0982. The lowest BCUT2D eigenvalue weighted by atomic mass is 10.1. The molecule has 2 heterocycles. The van der Waals surface area contributed by atoms with Gasteiger partial charge in [0.2, 0.25) is 11.8 Å². The molecule has 2 unspecified atom stereocenters. The van der Waals surface area contributed by atoms with E-state index in [1.807, 2.05) is 4.90 Å². The third kappa shape index (κ3) is 2.21. The number of carbonyl (C=O) groups excluding carboxylic acids is 2. The Labute approximate surface area is 92.6 Å². The Bertz CT molecular complexity index is 342. The average Bonchev–Trinajstić information content (AvgIpc) is 2.72. The van der Waals surface area contributed by atoms with Crippen LogP contribution in [0.4, 0.5) is 0 Å². The van der Waals surface area contributed by atoms with Crippen molar-refractivity contribution >= 4 is 17.8 Å². The summed E-state index contributed by atoms with van der Waals surface area (Å²) in [5.74, 6) is -1.20. The van der Waals surface area contributed by atoms with Gasteiger partial charge in [-0.3, -0.25) is 24.6 Å². The normalized spacial score (nSPS) is 30.8. The van der Waals surface area contributed by atoms with Crippen LogP contribution in [0.5, 0.6) is 0 Å². The van der Waals surface area contributed by atoms with E-state index in [2.05, 4.69) is 5.32 Å². The molecular formula is C10H14N2O4. The first-order valence-electron chi connectivity index (χ1n) is 5.36. The molecule has 0 aromatic heterocycles. The third-order valence-corrected chi connectivity index (χ3v) is 3.17. The molecule has 88 valence electrons. The molecule has 0 bridgehead atoms. The Hall–Kier alpha value is -1.43. The smallest absolute Gasteiger partial charge is 0.303 e. The van der Waals surface area contributed by atoms with Gasteiger partial charge in [-0.2, -0.15) is 0 Å². The van der Waals surface area contributed by atoms with Crippen LogP contribution in [0, 0.1) is 5.92 Å². The fourth-order valence-corrected chi connectivity index (χ4v) is 2.39. The highest BCUT2D eigenvalue weighted by atomic mass is 16.4. The highest BCUT2D eigenvalue weighted by Gasteiger charge is 2.38. The molecule has 2 saturated heterocycles. The van der Waals surface area contributed by atoms with E-state index in [0.29, 0.717) is 13.1 Å². The Kier molecular flexibility index (Phi) is 2.91. The summed E-state index contributed by atoms with van der Waals surface area (Å²) in [5, 5.41) is 10.9. The second-order valence-electron chi connectivity index (χ2n) is 4.38. The molecule has 0 saturated carbocycles. The molecule has 0 spiro atoms. The Morgan fingerprint density at radius 1 is 1.50 bits per heavy atom. The van der Waals surface area contributed by atoms with Crippen LogP contribution in [-0.4, -0.2) is 46.9 Å². The molecule has 2 aliphatic rings. The first kappa shape index (κ1) is 11.1. The van der Waals surface area contributed by atoms with Gasteiger partial charge in [0, 0.05) is 13.0 Å². The monoisotopic (exact) mass is 226 g/mol. The first-order valence-corrected chi connectivity index (χ1v) is 5.36. The fourth-order valence-electron chi connectivity index (χ4n) is 2.39. The zero-order valence-electron chi connectivity index (χ0n) is 8.81. The highest BCUT2D eigenvalue weighted by molar-refractivity contribution is 6.05. The summed E-state index contributed by atoms with van der Waals surface area (Å²) in [6.45, 7) is 1.29. The number of aliphatic carboxylic acids is 1. The number of nitrogens with one attached hydrogen (secondary N) is 1. The van der Waals surface area contributed by atoms with Crippen molar-refractivity contribution < 1.29 is 19.5 Å². The quantitative estimate of drug-likeness (QED) is 0.615. The van der Waals surface area contributed by atoms with Crippen LogP contribution in [-0.2, 0) is 14.4 Å². The molecule has 0 aromatic rings. The summed E-state index contributed by atoms with van der Waals surface area (Å²) in [4.78, 5) is 34.9. The molecule has 2 N–H and O–H groups in total. The second-order valence-corrected chi connectivity index (χ2v) is 4.38.